The number of aliphatic hydroxyl groups is 1. The number of nitrogens with zero attached hydrogens (tertiary/aromatic N) is 1. The third kappa shape index (κ3) is 5.09. The molecule has 0 spiro atoms. The number of halogens is 1. The van der Waals surface area contributed by atoms with E-state index in [1.165, 1.54) is 0 Å². The highest BCUT2D eigenvalue weighted by Crippen LogP contribution is 2.25. The number of hydrogen-bond acceptors (Lipinski definition) is 4. The predicted octanol–water partition coefficient (Wildman–Crippen LogP) is 1.99. The molecule has 1 saturated heterocycles. The van der Waals surface area contributed by atoms with Gasteiger partial charge in [-0.2, -0.15) is 0 Å². The maximum Gasteiger partial charge on any atom is 0.237 e. The van der Waals surface area contributed by atoms with Gasteiger partial charge in [0, 0.05) is 13.6 Å². The van der Waals surface area contributed by atoms with Crippen LogP contribution in [0.1, 0.15) is 24.8 Å². The third-order valence-corrected chi connectivity index (χ3v) is 4.44. The van der Waals surface area contributed by atoms with Gasteiger partial charge in [0.2, 0.25) is 5.91 Å². The van der Waals surface area contributed by atoms with Gasteiger partial charge in [-0.15, -0.1) is 0 Å². The number of aliphatic hydroxyl groups excluding tert-OH is 1. The lowest BCUT2D eigenvalue weighted by atomic mass is 10.0. The second-order valence-corrected chi connectivity index (χ2v) is 6.43. The SMILES string of the molecule is CNC(=O)[C@@H]1CCCCN1C[C@H](O)COc1cc(C)ccc1Cl. The van der Waals surface area contributed by atoms with Crippen LogP contribution in [0, 0.1) is 6.92 Å². The van der Waals surface area contributed by atoms with E-state index in [1.54, 1.807) is 13.1 Å². The molecule has 1 aromatic rings. The first-order chi connectivity index (χ1) is 11.0. The molecule has 128 valence electrons. The van der Waals surface area contributed by atoms with Gasteiger partial charge in [-0.1, -0.05) is 24.1 Å². The molecular weight excluding hydrogens is 316 g/mol. The van der Waals surface area contributed by atoms with E-state index in [-0.39, 0.29) is 18.6 Å². The summed E-state index contributed by atoms with van der Waals surface area (Å²) in [6.07, 6.45) is 2.25. The molecule has 2 rings (SSSR count). The smallest absolute Gasteiger partial charge is 0.237 e. The van der Waals surface area contributed by atoms with Crippen LogP contribution >= 0.6 is 11.6 Å². The number of likely N-dealkylation sites (N-methyl/N-ethyl adjacent to an activating group) is 1. The lowest BCUT2D eigenvalue weighted by Gasteiger charge is -2.35. The summed E-state index contributed by atoms with van der Waals surface area (Å²) in [4.78, 5) is 14.0. The number of carbonyl (C=O) groups excluding carboxylic acids is 1. The van der Waals surface area contributed by atoms with Gasteiger partial charge < -0.3 is 15.2 Å². The Morgan fingerprint density at radius 2 is 2.30 bits per heavy atom. The Morgan fingerprint density at radius 1 is 1.52 bits per heavy atom. The van der Waals surface area contributed by atoms with E-state index in [0.717, 1.165) is 31.4 Å². The number of carbonyl (C=O) groups is 1. The lowest BCUT2D eigenvalue weighted by molar-refractivity contribution is -0.127. The van der Waals surface area contributed by atoms with Crippen LogP contribution < -0.4 is 10.1 Å². The summed E-state index contributed by atoms with van der Waals surface area (Å²) >= 11 is 6.09. The minimum Gasteiger partial charge on any atom is -0.489 e. The van der Waals surface area contributed by atoms with E-state index in [1.807, 2.05) is 24.0 Å². The molecule has 1 amide bonds. The van der Waals surface area contributed by atoms with E-state index in [2.05, 4.69) is 5.32 Å². The number of benzene rings is 1. The summed E-state index contributed by atoms with van der Waals surface area (Å²) in [6.45, 7) is 3.35. The number of amides is 1. The van der Waals surface area contributed by atoms with Crippen molar-refractivity contribution in [2.75, 3.05) is 26.7 Å². The Labute approximate surface area is 142 Å². The van der Waals surface area contributed by atoms with Crippen LogP contribution in [0.5, 0.6) is 5.75 Å². The monoisotopic (exact) mass is 340 g/mol. The normalized spacial score (nSPS) is 20.1. The molecule has 1 aliphatic rings. The maximum atomic E-state index is 11.9. The van der Waals surface area contributed by atoms with Crippen molar-refractivity contribution in [1.82, 2.24) is 10.2 Å². The predicted molar refractivity (Wildman–Crippen MR) is 91.0 cm³/mol. The molecule has 0 saturated carbocycles. The van der Waals surface area contributed by atoms with Gasteiger partial charge in [0.05, 0.1) is 11.1 Å². The van der Waals surface area contributed by atoms with Gasteiger partial charge in [0.15, 0.2) is 0 Å². The molecule has 2 atom stereocenters. The number of ether oxygens (including phenoxy) is 1. The highest BCUT2D eigenvalue weighted by atomic mass is 35.5. The van der Waals surface area contributed by atoms with Gasteiger partial charge in [0.25, 0.3) is 0 Å². The zero-order chi connectivity index (χ0) is 16.8. The molecule has 0 unspecified atom stereocenters. The molecule has 1 fully saturated rings. The average molecular weight is 341 g/mol. The molecule has 6 heteroatoms. The topological polar surface area (TPSA) is 61.8 Å². The molecule has 0 bridgehead atoms. The van der Waals surface area contributed by atoms with Crippen molar-refractivity contribution < 1.29 is 14.6 Å². The highest BCUT2D eigenvalue weighted by molar-refractivity contribution is 6.32. The van der Waals surface area contributed by atoms with E-state index in [0.29, 0.717) is 17.3 Å². The fourth-order valence-electron chi connectivity index (χ4n) is 2.90. The standard InChI is InChI=1S/C17H25ClN2O3/c1-12-6-7-14(18)16(9-12)23-11-13(21)10-20-8-4-3-5-15(20)17(22)19-2/h6-7,9,13,15,21H,3-5,8,10-11H2,1-2H3,(H,19,22)/t13-,15-/m0/s1. The quantitative estimate of drug-likeness (QED) is 0.831. The molecule has 1 aliphatic heterocycles. The van der Waals surface area contributed by atoms with E-state index >= 15 is 0 Å². The molecule has 1 aromatic carbocycles. The minimum atomic E-state index is -0.670. The number of likely N-dealkylation sites (tertiary alicyclic amines) is 1. The number of hydrogen-bond donors (Lipinski definition) is 2. The molecule has 0 aromatic heterocycles. The fourth-order valence-corrected chi connectivity index (χ4v) is 3.08. The van der Waals surface area contributed by atoms with Crippen LogP contribution in [0.2, 0.25) is 5.02 Å². The Bertz CT molecular complexity index is 539. The Balaban J connectivity index is 1.89. The Kier molecular flexibility index (Phi) is 6.69. The molecule has 1 heterocycles. The van der Waals surface area contributed by atoms with Crippen LogP contribution in [0.15, 0.2) is 18.2 Å². The summed E-state index contributed by atoms with van der Waals surface area (Å²) in [6, 6.07) is 5.38. The number of aryl methyl sites for hydroxylation is 1. The van der Waals surface area contributed by atoms with Crippen molar-refractivity contribution >= 4 is 17.5 Å². The average Bonchev–Trinajstić information content (AvgIpc) is 2.55. The second kappa shape index (κ2) is 8.52. The molecule has 2 N–H and O–H groups in total. The van der Waals surface area contributed by atoms with Crippen molar-refractivity contribution in [3.05, 3.63) is 28.8 Å². The van der Waals surface area contributed by atoms with Crippen LogP contribution in [0.25, 0.3) is 0 Å². The van der Waals surface area contributed by atoms with Crippen LogP contribution in [0.4, 0.5) is 0 Å². The third-order valence-electron chi connectivity index (χ3n) is 4.13. The molecule has 0 radical (unpaired) electrons. The van der Waals surface area contributed by atoms with Crippen molar-refractivity contribution in [1.29, 1.82) is 0 Å². The number of rotatable bonds is 6. The Morgan fingerprint density at radius 3 is 3.04 bits per heavy atom. The first kappa shape index (κ1) is 18.0. The van der Waals surface area contributed by atoms with Crippen molar-refractivity contribution in [3.8, 4) is 5.75 Å². The van der Waals surface area contributed by atoms with Crippen molar-refractivity contribution in [3.63, 3.8) is 0 Å². The van der Waals surface area contributed by atoms with E-state index in [9.17, 15) is 9.90 Å². The second-order valence-electron chi connectivity index (χ2n) is 6.02. The molecular formula is C17H25ClN2O3. The van der Waals surface area contributed by atoms with Crippen LogP contribution in [0.3, 0.4) is 0 Å². The van der Waals surface area contributed by atoms with Gasteiger partial charge in [0.1, 0.15) is 18.5 Å². The largest absolute Gasteiger partial charge is 0.489 e. The first-order valence-corrected chi connectivity index (χ1v) is 8.41. The number of piperidine rings is 1. The van der Waals surface area contributed by atoms with Crippen LogP contribution in [-0.2, 0) is 4.79 Å². The summed E-state index contributed by atoms with van der Waals surface area (Å²) < 4.78 is 5.63. The highest BCUT2D eigenvalue weighted by Gasteiger charge is 2.29. The summed E-state index contributed by atoms with van der Waals surface area (Å²) in [7, 11) is 1.65. The van der Waals surface area contributed by atoms with Gasteiger partial charge in [-0.3, -0.25) is 9.69 Å². The molecule has 5 nitrogen and oxygen atoms in total. The zero-order valence-electron chi connectivity index (χ0n) is 13.7. The summed E-state index contributed by atoms with van der Waals surface area (Å²) in [5, 5.41) is 13.5. The fraction of sp³-hybridized carbons (Fsp3) is 0.588. The number of nitrogens with one attached hydrogen (secondary N) is 1. The van der Waals surface area contributed by atoms with E-state index < -0.39 is 6.10 Å². The lowest BCUT2D eigenvalue weighted by Crippen LogP contribution is -2.51. The van der Waals surface area contributed by atoms with E-state index in [4.69, 9.17) is 16.3 Å². The van der Waals surface area contributed by atoms with Crippen molar-refractivity contribution in [2.45, 2.75) is 38.3 Å². The van der Waals surface area contributed by atoms with Crippen molar-refractivity contribution in [2.24, 2.45) is 0 Å². The molecule has 0 aliphatic carbocycles. The summed E-state index contributed by atoms with van der Waals surface area (Å²) in [5.41, 5.74) is 1.05. The Hall–Kier alpha value is -1.30. The minimum absolute atomic E-state index is 0.0135. The van der Waals surface area contributed by atoms with Gasteiger partial charge in [-0.05, 0) is 44.0 Å². The molecule has 23 heavy (non-hydrogen) atoms. The maximum absolute atomic E-state index is 11.9. The van der Waals surface area contributed by atoms with Gasteiger partial charge >= 0.3 is 0 Å². The van der Waals surface area contributed by atoms with Crippen LogP contribution in [-0.4, -0.2) is 54.8 Å². The summed E-state index contributed by atoms with van der Waals surface area (Å²) in [5.74, 6) is 0.590. The van der Waals surface area contributed by atoms with Gasteiger partial charge in [-0.25, -0.2) is 0 Å². The zero-order valence-corrected chi connectivity index (χ0v) is 14.5. The number of β-amino-alcohol motifs (C(OH)–C–C–N with tert-alkyl or cyclic N) is 1. The first-order valence-electron chi connectivity index (χ1n) is 8.04.